The number of rotatable bonds is 4. The number of hydrogen-bond donors (Lipinski definition) is 2. The van der Waals surface area contributed by atoms with Crippen molar-refractivity contribution in [2.75, 3.05) is 26.0 Å². The van der Waals surface area contributed by atoms with E-state index in [0.29, 0.717) is 17.3 Å². The average molecular weight is 388 g/mol. The highest BCUT2D eigenvalue weighted by atomic mass is 35.5. The van der Waals surface area contributed by atoms with Gasteiger partial charge in [0.2, 0.25) is 5.91 Å². The van der Waals surface area contributed by atoms with Gasteiger partial charge in [0.15, 0.2) is 0 Å². The van der Waals surface area contributed by atoms with Crippen molar-refractivity contribution >= 4 is 29.2 Å². The smallest absolute Gasteiger partial charge is 0.319 e. The summed E-state index contributed by atoms with van der Waals surface area (Å²) in [7, 11) is 3.40. The molecule has 1 unspecified atom stereocenters. The van der Waals surface area contributed by atoms with Gasteiger partial charge >= 0.3 is 6.03 Å². The number of ether oxygens (including phenoxy) is 1. The lowest BCUT2D eigenvalue weighted by atomic mass is 9.86. The van der Waals surface area contributed by atoms with Gasteiger partial charge in [-0.05, 0) is 42.0 Å². The first-order valence-electron chi connectivity index (χ1n) is 8.67. The Morgan fingerprint density at radius 2 is 1.81 bits per heavy atom. The van der Waals surface area contributed by atoms with Gasteiger partial charge in [0, 0.05) is 42.7 Å². The molecule has 1 aliphatic rings. The lowest BCUT2D eigenvalue weighted by molar-refractivity contribution is -0.133. The first-order chi connectivity index (χ1) is 13.0. The molecule has 142 valence electrons. The minimum atomic E-state index is -0.349. The number of benzene rings is 2. The standard InChI is InChI=1S/C20H22ClN3O3/c1-24-12-17(13-3-9-16(27-2)10-4-13)18(11-19(24)25)23-20(26)22-15-7-5-14(21)6-8-15/h3-10,17-18H,11-12H2,1-2H3,(H2,22,23,26)/t17?,18-/m1/s1. The molecular weight excluding hydrogens is 366 g/mol. The molecule has 0 saturated carbocycles. The van der Waals surface area contributed by atoms with Gasteiger partial charge in [0.25, 0.3) is 0 Å². The van der Waals surface area contributed by atoms with Crippen LogP contribution in [-0.4, -0.2) is 43.6 Å². The zero-order valence-corrected chi connectivity index (χ0v) is 16.0. The van der Waals surface area contributed by atoms with E-state index in [9.17, 15) is 9.59 Å². The molecule has 0 aliphatic carbocycles. The summed E-state index contributed by atoms with van der Waals surface area (Å²) in [4.78, 5) is 26.3. The number of anilines is 1. The highest BCUT2D eigenvalue weighted by molar-refractivity contribution is 6.30. The zero-order chi connectivity index (χ0) is 19.4. The predicted octanol–water partition coefficient (Wildman–Crippen LogP) is 3.48. The second-order valence-electron chi connectivity index (χ2n) is 6.57. The van der Waals surface area contributed by atoms with Gasteiger partial charge in [0.1, 0.15) is 5.75 Å². The number of likely N-dealkylation sites (tertiary alicyclic amines) is 1. The lowest BCUT2D eigenvalue weighted by Gasteiger charge is -2.37. The first kappa shape index (κ1) is 19.0. The number of nitrogens with one attached hydrogen (secondary N) is 2. The number of carbonyl (C=O) groups is 2. The summed E-state index contributed by atoms with van der Waals surface area (Å²) >= 11 is 5.86. The summed E-state index contributed by atoms with van der Waals surface area (Å²) in [5.41, 5.74) is 1.68. The third-order valence-electron chi connectivity index (χ3n) is 4.74. The van der Waals surface area contributed by atoms with Crippen molar-refractivity contribution < 1.29 is 14.3 Å². The van der Waals surface area contributed by atoms with Crippen molar-refractivity contribution in [2.24, 2.45) is 0 Å². The van der Waals surface area contributed by atoms with E-state index in [1.165, 1.54) is 0 Å². The highest BCUT2D eigenvalue weighted by Gasteiger charge is 2.34. The van der Waals surface area contributed by atoms with Crippen LogP contribution in [0.4, 0.5) is 10.5 Å². The number of likely N-dealkylation sites (N-methyl/N-ethyl adjacent to an activating group) is 1. The number of piperidine rings is 1. The molecule has 0 bridgehead atoms. The van der Waals surface area contributed by atoms with E-state index in [1.54, 1.807) is 43.3 Å². The maximum Gasteiger partial charge on any atom is 0.319 e. The Bertz CT molecular complexity index is 808. The van der Waals surface area contributed by atoms with Crippen LogP contribution in [0.5, 0.6) is 5.75 Å². The minimum absolute atomic E-state index is 0.00502. The molecule has 7 heteroatoms. The monoisotopic (exact) mass is 387 g/mol. The minimum Gasteiger partial charge on any atom is -0.497 e. The van der Waals surface area contributed by atoms with Gasteiger partial charge in [0.05, 0.1) is 7.11 Å². The average Bonchev–Trinajstić information content (AvgIpc) is 2.66. The summed E-state index contributed by atoms with van der Waals surface area (Å²) in [5.74, 6) is 0.773. The molecule has 2 aromatic rings. The number of methoxy groups -OCH3 is 1. The van der Waals surface area contributed by atoms with Crippen LogP contribution in [-0.2, 0) is 4.79 Å². The maximum absolute atomic E-state index is 12.4. The lowest BCUT2D eigenvalue weighted by Crippen LogP contribution is -2.51. The van der Waals surface area contributed by atoms with Gasteiger partial charge in [-0.25, -0.2) is 4.79 Å². The van der Waals surface area contributed by atoms with E-state index in [1.807, 2.05) is 24.3 Å². The molecule has 1 heterocycles. The van der Waals surface area contributed by atoms with Gasteiger partial charge in [-0.1, -0.05) is 23.7 Å². The number of hydrogen-bond acceptors (Lipinski definition) is 3. The van der Waals surface area contributed by atoms with Crippen LogP contribution < -0.4 is 15.4 Å². The zero-order valence-electron chi connectivity index (χ0n) is 15.2. The van der Waals surface area contributed by atoms with Gasteiger partial charge in [-0.2, -0.15) is 0 Å². The Morgan fingerprint density at radius 1 is 1.15 bits per heavy atom. The first-order valence-corrected chi connectivity index (χ1v) is 9.05. The van der Waals surface area contributed by atoms with Gasteiger partial charge in [-0.15, -0.1) is 0 Å². The van der Waals surface area contributed by atoms with E-state index in [0.717, 1.165) is 11.3 Å². The molecule has 1 aliphatic heterocycles. The summed E-state index contributed by atoms with van der Waals surface area (Å²) in [6.07, 6.45) is 0.251. The van der Waals surface area contributed by atoms with E-state index in [4.69, 9.17) is 16.3 Å². The summed E-state index contributed by atoms with van der Waals surface area (Å²) in [5, 5.41) is 6.33. The van der Waals surface area contributed by atoms with Crippen LogP contribution >= 0.6 is 11.6 Å². The fraction of sp³-hybridized carbons (Fsp3) is 0.300. The van der Waals surface area contributed by atoms with Crippen LogP contribution in [0.1, 0.15) is 17.9 Å². The van der Waals surface area contributed by atoms with E-state index >= 15 is 0 Å². The second kappa shape index (κ2) is 8.31. The number of amides is 3. The Balaban J connectivity index is 1.73. The molecular formula is C20H22ClN3O3. The van der Waals surface area contributed by atoms with Crippen molar-refractivity contribution in [3.05, 3.63) is 59.1 Å². The number of urea groups is 1. The van der Waals surface area contributed by atoms with Crippen molar-refractivity contribution in [3.63, 3.8) is 0 Å². The van der Waals surface area contributed by atoms with Crippen molar-refractivity contribution in [3.8, 4) is 5.75 Å². The molecule has 3 amide bonds. The van der Waals surface area contributed by atoms with Crippen LogP contribution in [0, 0.1) is 0 Å². The van der Waals surface area contributed by atoms with Crippen LogP contribution in [0.25, 0.3) is 0 Å². The maximum atomic E-state index is 12.4. The third kappa shape index (κ3) is 4.71. The largest absolute Gasteiger partial charge is 0.497 e. The van der Waals surface area contributed by atoms with E-state index in [2.05, 4.69) is 10.6 Å². The fourth-order valence-electron chi connectivity index (χ4n) is 3.22. The van der Waals surface area contributed by atoms with Crippen LogP contribution in [0.15, 0.2) is 48.5 Å². The Labute approximate surface area is 163 Å². The van der Waals surface area contributed by atoms with Gasteiger partial charge < -0.3 is 20.3 Å². The second-order valence-corrected chi connectivity index (χ2v) is 7.01. The van der Waals surface area contributed by atoms with Crippen molar-refractivity contribution in [1.29, 1.82) is 0 Å². The molecule has 1 saturated heterocycles. The SMILES string of the molecule is COc1ccc(C2CN(C)C(=O)C[C@H]2NC(=O)Nc2ccc(Cl)cc2)cc1. The molecule has 0 radical (unpaired) electrons. The Hall–Kier alpha value is -2.73. The fourth-order valence-corrected chi connectivity index (χ4v) is 3.35. The summed E-state index contributed by atoms with van der Waals surface area (Å²) < 4.78 is 5.21. The molecule has 27 heavy (non-hydrogen) atoms. The predicted molar refractivity (Wildman–Crippen MR) is 105 cm³/mol. The molecule has 2 N–H and O–H groups in total. The molecule has 0 aromatic heterocycles. The van der Waals surface area contributed by atoms with E-state index in [-0.39, 0.29) is 30.3 Å². The highest BCUT2D eigenvalue weighted by Crippen LogP contribution is 2.29. The van der Waals surface area contributed by atoms with E-state index < -0.39 is 0 Å². The van der Waals surface area contributed by atoms with Crippen molar-refractivity contribution in [1.82, 2.24) is 10.2 Å². The topological polar surface area (TPSA) is 70.7 Å². The molecule has 2 aromatic carbocycles. The van der Waals surface area contributed by atoms with Gasteiger partial charge in [-0.3, -0.25) is 4.79 Å². The molecule has 3 rings (SSSR count). The molecule has 2 atom stereocenters. The number of carbonyl (C=O) groups excluding carboxylic acids is 2. The number of nitrogens with zero attached hydrogens (tertiary/aromatic N) is 1. The summed E-state index contributed by atoms with van der Waals surface area (Å²) in [6.45, 7) is 0.539. The van der Waals surface area contributed by atoms with Crippen molar-refractivity contribution in [2.45, 2.75) is 18.4 Å². The summed E-state index contributed by atoms with van der Waals surface area (Å²) in [6, 6.07) is 13.9. The Kier molecular flexibility index (Phi) is 5.86. The number of halogens is 1. The molecule has 6 nitrogen and oxygen atoms in total. The van der Waals surface area contributed by atoms with Crippen LogP contribution in [0.3, 0.4) is 0 Å². The normalized spacial score (nSPS) is 19.5. The quantitative estimate of drug-likeness (QED) is 0.843. The molecule has 0 spiro atoms. The molecule has 1 fully saturated rings. The Morgan fingerprint density at radius 3 is 2.44 bits per heavy atom. The third-order valence-corrected chi connectivity index (χ3v) is 4.99. The van der Waals surface area contributed by atoms with Crippen LogP contribution in [0.2, 0.25) is 5.02 Å².